The first-order chi connectivity index (χ1) is 11.3. The lowest BCUT2D eigenvalue weighted by atomic mass is 10.0. The van der Waals surface area contributed by atoms with Crippen LogP contribution in [0.25, 0.3) is 0 Å². The van der Waals surface area contributed by atoms with E-state index in [1.165, 1.54) is 19.2 Å². The number of hydrogen-bond acceptors (Lipinski definition) is 2. The lowest BCUT2D eigenvalue weighted by Gasteiger charge is -2.10. The van der Waals surface area contributed by atoms with E-state index in [-0.39, 0.29) is 17.6 Å². The molecule has 0 spiro atoms. The lowest BCUT2D eigenvalue weighted by Crippen LogP contribution is -1.96. The highest BCUT2D eigenvalue weighted by atomic mass is 19.1. The van der Waals surface area contributed by atoms with Crippen molar-refractivity contribution >= 4 is 0 Å². The van der Waals surface area contributed by atoms with Crippen LogP contribution in [0.3, 0.4) is 0 Å². The van der Waals surface area contributed by atoms with E-state index >= 15 is 0 Å². The van der Waals surface area contributed by atoms with Crippen molar-refractivity contribution in [2.24, 2.45) is 0 Å². The first kappa shape index (κ1) is 19.9. The number of benzene rings is 2. The van der Waals surface area contributed by atoms with Gasteiger partial charge < -0.3 is 9.47 Å². The van der Waals surface area contributed by atoms with Gasteiger partial charge in [0.05, 0.1) is 14.2 Å². The van der Waals surface area contributed by atoms with Gasteiger partial charge in [0.25, 0.3) is 0 Å². The van der Waals surface area contributed by atoms with Crippen LogP contribution >= 0.6 is 0 Å². The summed E-state index contributed by atoms with van der Waals surface area (Å²) in [6.07, 6.45) is 0. The van der Waals surface area contributed by atoms with Gasteiger partial charge in [-0.25, -0.2) is 8.78 Å². The van der Waals surface area contributed by atoms with Gasteiger partial charge in [-0.05, 0) is 35.1 Å². The van der Waals surface area contributed by atoms with Crippen molar-refractivity contribution in [3.8, 4) is 11.5 Å². The normalized spacial score (nSPS) is 10.4. The first-order valence-electron chi connectivity index (χ1n) is 7.97. The van der Waals surface area contributed by atoms with Crippen molar-refractivity contribution in [1.82, 2.24) is 0 Å². The fourth-order valence-electron chi connectivity index (χ4n) is 2.29. The van der Waals surface area contributed by atoms with Crippen molar-refractivity contribution in [3.05, 3.63) is 59.2 Å². The van der Waals surface area contributed by atoms with E-state index in [1.54, 1.807) is 31.4 Å². The van der Waals surface area contributed by atoms with E-state index in [0.717, 1.165) is 5.56 Å². The van der Waals surface area contributed by atoms with Crippen LogP contribution < -0.4 is 9.47 Å². The summed E-state index contributed by atoms with van der Waals surface area (Å²) in [7, 11) is 3.03. The Morgan fingerprint density at radius 3 is 1.83 bits per heavy atom. The van der Waals surface area contributed by atoms with Crippen LogP contribution in [0.2, 0.25) is 0 Å². The van der Waals surface area contributed by atoms with E-state index in [0.29, 0.717) is 23.0 Å². The molecule has 0 atom stereocenters. The summed E-state index contributed by atoms with van der Waals surface area (Å²) in [6, 6.07) is 9.84. The highest BCUT2D eigenvalue weighted by Gasteiger charge is 2.10. The minimum absolute atomic E-state index is 0.195. The molecular formula is C20H26F2O2. The van der Waals surface area contributed by atoms with E-state index in [4.69, 9.17) is 9.47 Å². The molecule has 0 aliphatic rings. The average molecular weight is 336 g/mol. The molecule has 2 nitrogen and oxygen atoms in total. The van der Waals surface area contributed by atoms with Crippen molar-refractivity contribution < 1.29 is 18.3 Å². The molecule has 0 N–H and O–H groups in total. The van der Waals surface area contributed by atoms with Crippen LogP contribution in [-0.4, -0.2) is 14.2 Å². The molecule has 0 aliphatic heterocycles. The van der Waals surface area contributed by atoms with Gasteiger partial charge in [-0.15, -0.1) is 0 Å². The Morgan fingerprint density at radius 2 is 1.33 bits per heavy atom. The van der Waals surface area contributed by atoms with Gasteiger partial charge >= 0.3 is 0 Å². The molecule has 2 aromatic carbocycles. The van der Waals surface area contributed by atoms with Gasteiger partial charge in [-0.1, -0.05) is 45.9 Å². The molecule has 0 unspecified atom stereocenters. The van der Waals surface area contributed by atoms with Gasteiger partial charge in [0.15, 0.2) is 11.6 Å². The number of halogens is 2. The summed E-state index contributed by atoms with van der Waals surface area (Å²) in [4.78, 5) is 0. The molecule has 0 aliphatic carbocycles. The number of rotatable bonds is 4. The highest BCUT2D eigenvalue weighted by Crippen LogP contribution is 2.26. The van der Waals surface area contributed by atoms with Crippen LogP contribution in [0.4, 0.5) is 8.78 Å². The largest absolute Gasteiger partial charge is 0.496 e. The molecule has 2 rings (SSSR count). The Labute approximate surface area is 143 Å². The Balaban J connectivity index is 0.000000240. The Kier molecular flexibility index (Phi) is 7.69. The standard InChI is InChI=1S/2C10H13FO/c1-7(2)9-5-4-8(11)6-10(9)12-3;1-7(2)8-5-4-6-9(12-3)10(8)11/h2*4-7H,1-3H3. The van der Waals surface area contributed by atoms with E-state index in [9.17, 15) is 8.78 Å². The first-order valence-corrected chi connectivity index (χ1v) is 7.97. The number of ether oxygens (including phenoxy) is 2. The van der Waals surface area contributed by atoms with Gasteiger partial charge in [0, 0.05) is 6.07 Å². The Morgan fingerprint density at radius 1 is 0.750 bits per heavy atom. The fourth-order valence-corrected chi connectivity index (χ4v) is 2.29. The zero-order valence-corrected chi connectivity index (χ0v) is 15.2. The summed E-state index contributed by atoms with van der Waals surface area (Å²) in [5, 5.41) is 0. The minimum atomic E-state index is -0.253. The predicted molar refractivity (Wildman–Crippen MR) is 94.1 cm³/mol. The number of hydrogen-bond donors (Lipinski definition) is 0. The van der Waals surface area contributed by atoms with Crippen molar-refractivity contribution in [3.63, 3.8) is 0 Å². The van der Waals surface area contributed by atoms with Gasteiger partial charge in [0.1, 0.15) is 11.6 Å². The minimum Gasteiger partial charge on any atom is -0.496 e. The van der Waals surface area contributed by atoms with Crippen LogP contribution in [0, 0.1) is 11.6 Å². The topological polar surface area (TPSA) is 18.5 Å². The summed E-state index contributed by atoms with van der Waals surface area (Å²) < 4.78 is 36.0. The van der Waals surface area contributed by atoms with Crippen molar-refractivity contribution in [2.75, 3.05) is 14.2 Å². The van der Waals surface area contributed by atoms with Gasteiger partial charge in [-0.3, -0.25) is 0 Å². The zero-order valence-electron chi connectivity index (χ0n) is 15.2. The van der Waals surface area contributed by atoms with Crippen LogP contribution in [0.1, 0.15) is 50.7 Å². The molecule has 4 heteroatoms. The molecule has 2 aromatic rings. The summed E-state index contributed by atoms with van der Waals surface area (Å²) in [6.45, 7) is 8.02. The third-order valence-corrected chi connectivity index (χ3v) is 3.65. The average Bonchev–Trinajstić information content (AvgIpc) is 2.54. The molecule has 132 valence electrons. The summed E-state index contributed by atoms with van der Waals surface area (Å²) in [5.74, 6) is 1.01. The third-order valence-electron chi connectivity index (χ3n) is 3.65. The molecule has 0 heterocycles. The molecule has 0 saturated carbocycles. The predicted octanol–water partition coefficient (Wildman–Crippen LogP) is 5.92. The number of methoxy groups -OCH3 is 2. The molecule has 0 radical (unpaired) electrons. The molecule has 0 fully saturated rings. The SMILES string of the molecule is COc1cc(F)ccc1C(C)C.COc1cccc(C(C)C)c1F. The van der Waals surface area contributed by atoms with E-state index in [2.05, 4.69) is 13.8 Å². The molecular weight excluding hydrogens is 310 g/mol. The zero-order chi connectivity index (χ0) is 18.3. The second-order valence-corrected chi connectivity index (χ2v) is 6.06. The fraction of sp³-hybridized carbons (Fsp3) is 0.400. The van der Waals surface area contributed by atoms with Crippen LogP contribution in [-0.2, 0) is 0 Å². The second-order valence-electron chi connectivity index (χ2n) is 6.06. The molecule has 0 amide bonds. The van der Waals surface area contributed by atoms with Crippen LogP contribution in [0.15, 0.2) is 36.4 Å². The third kappa shape index (κ3) is 5.22. The molecule has 0 aromatic heterocycles. The van der Waals surface area contributed by atoms with Gasteiger partial charge in [0.2, 0.25) is 0 Å². The Hall–Kier alpha value is -2.10. The summed E-state index contributed by atoms with van der Waals surface area (Å²) >= 11 is 0. The second kappa shape index (κ2) is 9.26. The van der Waals surface area contributed by atoms with Crippen LogP contribution in [0.5, 0.6) is 11.5 Å². The maximum absolute atomic E-state index is 13.4. The highest BCUT2D eigenvalue weighted by molar-refractivity contribution is 5.36. The smallest absolute Gasteiger partial charge is 0.168 e. The molecule has 24 heavy (non-hydrogen) atoms. The van der Waals surface area contributed by atoms with E-state index < -0.39 is 0 Å². The molecule has 0 saturated heterocycles. The lowest BCUT2D eigenvalue weighted by molar-refractivity contribution is 0.383. The maximum Gasteiger partial charge on any atom is 0.168 e. The Bertz CT molecular complexity index is 652. The monoisotopic (exact) mass is 336 g/mol. The summed E-state index contributed by atoms with van der Waals surface area (Å²) in [5.41, 5.74) is 1.74. The quantitative estimate of drug-likeness (QED) is 0.690. The van der Waals surface area contributed by atoms with Crippen molar-refractivity contribution in [2.45, 2.75) is 39.5 Å². The van der Waals surface area contributed by atoms with E-state index in [1.807, 2.05) is 13.8 Å². The van der Waals surface area contributed by atoms with Crippen molar-refractivity contribution in [1.29, 1.82) is 0 Å². The maximum atomic E-state index is 13.4. The molecule has 0 bridgehead atoms. The van der Waals surface area contributed by atoms with Gasteiger partial charge in [-0.2, -0.15) is 0 Å².